The number of carbonyl (C=O) groups excluding carboxylic acids is 1. The normalized spacial score (nSPS) is 17.7. The number of carbonyl (C=O) groups is 1. The first-order chi connectivity index (χ1) is 11.1. The summed E-state index contributed by atoms with van der Waals surface area (Å²) in [5, 5.41) is 22.1. The molecule has 1 unspecified atom stereocenters. The number of aliphatic hydroxyl groups is 1. The Kier molecular flexibility index (Phi) is 4.10. The van der Waals surface area contributed by atoms with E-state index in [2.05, 4.69) is 21.2 Å². The Morgan fingerprint density at radius 2 is 1.83 bits per heavy atom. The minimum Gasteiger partial charge on any atom is -0.763 e. The van der Waals surface area contributed by atoms with Gasteiger partial charge in [-0.1, -0.05) is 34.1 Å². The van der Waals surface area contributed by atoms with Crippen molar-refractivity contribution in [3.63, 3.8) is 0 Å². The van der Waals surface area contributed by atoms with Gasteiger partial charge >= 0.3 is 0 Å². The molecule has 1 atom stereocenters. The Morgan fingerprint density at radius 1 is 1.17 bits per heavy atom. The van der Waals surface area contributed by atoms with E-state index in [1.165, 1.54) is 0 Å². The van der Waals surface area contributed by atoms with Crippen molar-refractivity contribution >= 4 is 33.4 Å². The maximum Gasteiger partial charge on any atom is 0.262 e. The second-order valence-electron chi connectivity index (χ2n) is 4.98. The smallest absolute Gasteiger partial charge is 0.262 e. The molecule has 0 fully saturated rings. The highest BCUT2D eigenvalue weighted by Crippen LogP contribution is 2.35. The Morgan fingerprint density at radius 3 is 2.43 bits per heavy atom. The zero-order chi connectivity index (χ0) is 16.4. The van der Waals surface area contributed by atoms with Crippen LogP contribution in [0.2, 0.25) is 0 Å². The molecule has 114 valence electrons. The number of halogens is 1. The summed E-state index contributed by atoms with van der Waals surface area (Å²) in [7, 11) is 0. The van der Waals surface area contributed by atoms with Crippen molar-refractivity contribution in [3.8, 4) is 0 Å². The fraction of sp³-hybridized carbons (Fsp3) is 0.0588. The molecule has 6 heteroatoms. The molecule has 2 N–H and O–H groups in total. The molecule has 2 aromatic rings. The van der Waals surface area contributed by atoms with Gasteiger partial charge in [-0.2, -0.15) is 4.57 Å². The number of amides is 1. The first kappa shape index (κ1) is 15.2. The van der Waals surface area contributed by atoms with E-state index in [1.807, 2.05) is 36.2 Å². The third kappa shape index (κ3) is 2.82. The third-order valence-electron chi connectivity index (χ3n) is 3.60. The van der Waals surface area contributed by atoms with Crippen molar-refractivity contribution < 1.29 is 14.5 Å². The van der Waals surface area contributed by atoms with E-state index >= 15 is 0 Å². The van der Waals surface area contributed by atoms with Crippen molar-refractivity contribution in [2.24, 2.45) is 0 Å². The number of aromatic nitrogens is 1. The van der Waals surface area contributed by atoms with Crippen molar-refractivity contribution in [1.29, 1.82) is 0 Å². The summed E-state index contributed by atoms with van der Waals surface area (Å²) in [6, 6.07) is 12.8. The lowest BCUT2D eigenvalue weighted by atomic mass is 9.86. The molecule has 1 aliphatic rings. The van der Waals surface area contributed by atoms with Crippen molar-refractivity contribution in [2.45, 2.75) is 5.92 Å². The van der Waals surface area contributed by atoms with E-state index in [0.717, 1.165) is 10.0 Å². The molecule has 0 aliphatic carbocycles. The molecule has 0 spiro atoms. The molecule has 0 saturated heterocycles. The molecule has 2 heterocycles. The van der Waals surface area contributed by atoms with Gasteiger partial charge in [0.1, 0.15) is 5.92 Å². The highest BCUT2D eigenvalue weighted by molar-refractivity contribution is 9.10. The SMILES string of the molecule is [N-]=C=C1C(=O)NC(O)=C([n+]2ccccc2)C1c1ccc(Br)cc1. The molecule has 1 amide bonds. The molecule has 3 rings (SSSR count). The number of aliphatic hydroxyl groups excluding tert-OH is 1. The monoisotopic (exact) mass is 369 g/mol. The molecule has 23 heavy (non-hydrogen) atoms. The van der Waals surface area contributed by atoms with Crippen LogP contribution in [0, 0.1) is 0 Å². The van der Waals surface area contributed by atoms with Gasteiger partial charge in [0, 0.05) is 16.6 Å². The highest BCUT2D eigenvalue weighted by Gasteiger charge is 2.39. The average Bonchev–Trinajstić information content (AvgIpc) is 2.56. The lowest BCUT2D eigenvalue weighted by molar-refractivity contribution is -0.585. The molecule has 0 saturated carbocycles. The van der Waals surface area contributed by atoms with Crippen LogP contribution in [-0.2, 0) is 4.79 Å². The van der Waals surface area contributed by atoms with E-state index in [4.69, 9.17) is 0 Å². The predicted molar refractivity (Wildman–Crippen MR) is 89.4 cm³/mol. The molecular weight excluding hydrogens is 358 g/mol. The van der Waals surface area contributed by atoms with E-state index < -0.39 is 11.8 Å². The predicted octanol–water partition coefficient (Wildman–Crippen LogP) is 2.50. The van der Waals surface area contributed by atoms with Crippen molar-refractivity contribution in [2.75, 3.05) is 0 Å². The summed E-state index contributed by atoms with van der Waals surface area (Å²) >= 11 is 3.37. The van der Waals surface area contributed by atoms with Crippen LogP contribution in [0.1, 0.15) is 11.5 Å². The van der Waals surface area contributed by atoms with Gasteiger partial charge < -0.3 is 10.5 Å². The first-order valence-electron chi connectivity index (χ1n) is 6.85. The summed E-state index contributed by atoms with van der Waals surface area (Å²) in [5.41, 5.74) is 1.22. The van der Waals surface area contributed by atoms with Crippen LogP contribution in [0.3, 0.4) is 0 Å². The molecule has 0 radical (unpaired) electrons. The number of nitrogens with zero attached hydrogens (tertiary/aromatic N) is 2. The molecule has 1 aromatic carbocycles. The van der Waals surface area contributed by atoms with Gasteiger partial charge in [0.25, 0.3) is 17.5 Å². The van der Waals surface area contributed by atoms with Gasteiger partial charge in [-0.25, -0.2) is 0 Å². The quantitative estimate of drug-likeness (QED) is 0.484. The van der Waals surface area contributed by atoms with Crippen LogP contribution in [0.15, 0.2) is 70.8 Å². The van der Waals surface area contributed by atoms with E-state index in [0.29, 0.717) is 5.70 Å². The summed E-state index contributed by atoms with van der Waals surface area (Å²) in [6.07, 6.45) is 3.51. The Bertz CT molecular complexity index is 838. The minimum atomic E-state index is -0.644. The zero-order valence-electron chi connectivity index (χ0n) is 11.9. The number of pyridine rings is 1. The lowest BCUT2D eigenvalue weighted by Gasteiger charge is -2.24. The average molecular weight is 370 g/mol. The number of hydrogen-bond donors (Lipinski definition) is 2. The van der Waals surface area contributed by atoms with Crippen molar-refractivity contribution in [1.82, 2.24) is 5.32 Å². The van der Waals surface area contributed by atoms with Crippen LogP contribution in [0.4, 0.5) is 0 Å². The molecule has 0 bridgehead atoms. The molecule has 1 aliphatic heterocycles. The largest absolute Gasteiger partial charge is 0.763 e. The topological polar surface area (TPSA) is 75.5 Å². The van der Waals surface area contributed by atoms with Crippen LogP contribution in [0.25, 0.3) is 11.1 Å². The maximum absolute atomic E-state index is 12.1. The number of allylic oxidation sites excluding steroid dienone is 1. The van der Waals surface area contributed by atoms with Crippen molar-refractivity contribution in [3.05, 3.63) is 81.8 Å². The number of nitrogens with one attached hydrogen (secondary N) is 1. The molecular formula is C17H12BrN3O2. The van der Waals surface area contributed by atoms with Crippen LogP contribution >= 0.6 is 15.9 Å². The standard InChI is InChI=1S/C17H12BrN3O2/c18-12-6-4-11(5-7-12)14-13(10-19)16(22)20-17(23)15(14)21-8-2-1-3-9-21/h1-9,14,23H,(H,20,22). The minimum absolute atomic E-state index is 0.0384. The summed E-state index contributed by atoms with van der Waals surface area (Å²) in [4.78, 5) is 12.1. The fourth-order valence-corrected chi connectivity index (χ4v) is 2.83. The van der Waals surface area contributed by atoms with Gasteiger partial charge in [0.15, 0.2) is 12.4 Å². The molecule has 1 aromatic heterocycles. The third-order valence-corrected chi connectivity index (χ3v) is 4.13. The van der Waals surface area contributed by atoms with E-state index in [1.54, 1.807) is 29.1 Å². The molecule has 5 nitrogen and oxygen atoms in total. The summed E-state index contributed by atoms with van der Waals surface area (Å²) in [6.45, 7) is 0. The summed E-state index contributed by atoms with van der Waals surface area (Å²) in [5.74, 6) is 0.491. The number of rotatable bonds is 2. The van der Waals surface area contributed by atoms with Crippen LogP contribution < -0.4 is 9.88 Å². The van der Waals surface area contributed by atoms with Gasteiger partial charge in [0.05, 0.1) is 5.57 Å². The van der Waals surface area contributed by atoms with E-state index in [-0.39, 0.29) is 11.5 Å². The second kappa shape index (κ2) is 6.20. The fourth-order valence-electron chi connectivity index (χ4n) is 2.57. The Hall–Kier alpha value is -2.69. The highest BCUT2D eigenvalue weighted by atomic mass is 79.9. The van der Waals surface area contributed by atoms with E-state index in [9.17, 15) is 15.3 Å². The maximum atomic E-state index is 12.1. The van der Waals surface area contributed by atoms with Crippen LogP contribution in [0.5, 0.6) is 0 Å². The second-order valence-corrected chi connectivity index (χ2v) is 5.90. The summed E-state index contributed by atoms with van der Waals surface area (Å²) < 4.78 is 2.58. The van der Waals surface area contributed by atoms with Crippen LogP contribution in [-0.4, -0.2) is 16.9 Å². The number of hydrogen-bond acceptors (Lipinski definition) is 2. The Labute approximate surface area is 141 Å². The number of benzene rings is 1. The van der Waals surface area contributed by atoms with Gasteiger partial charge in [-0.05, 0) is 17.7 Å². The lowest BCUT2D eigenvalue weighted by Crippen LogP contribution is -2.44. The van der Waals surface area contributed by atoms with Gasteiger partial charge in [-0.3, -0.25) is 16.0 Å². The zero-order valence-corrected chi connectivity index (χ0v) is 13.5. The Balaban J connectivity index is 2.24. The van der Waals surface area contributed by atoms with Gasteiger partial charge in [0.2, 0.25) is 0 Å². The first-order valence-corrected chi connectivity index (χ1v) is 7.64. The van der Waals surface area contributed by atoms with Gasteiger partial charge in [-0.15, -0.1) is 0 Å².